The van der Waals surface area contributed by atoms with Crippen LogP contribution in [0.3, 0.4) is 0 Å². The number of nitrogens with zero attached hydrogens (tertiary/aromatic N) is 1. The van der Waals surface area contributed by atoms with E-state index in [0.717, 1.165) is 13.0 Å². The van der Waals surface area contributed by atoms with Gasteiger partial charge >= 0.3 is 0 Å². The molecule has 1 aromatic rings. The smallest absolute Gasteiger partial charge is 0.0869 e. The van der Waals surface area contributed by atoms with Gasteiger partial charge in [0.2, 0.25) is 0 Å². The van der Waals surface area contributed by atoms with Crippen molar-refractivity contribution in [2.45, 2.75) is 6.42 Å². The van der Waals surface area contributed by atoms with Gasteiger partial charge in [0.25, 0.3) is 0 Å². The molecule has 2 N–H and O–H groups in total. The van der Waals surface area contributed by atoms with Gasteiger partial charge in [-0.05, 0) is 24.9 Å². The largest absolute Gasteiger partial charge is 0.392 e. The van der Waals surface area contributed by atoms with E-state index in [4.69, 9.17) is 18.0 Å². The molecule has 4 heteroatoms. The van der Waals surface area contributed by atoms with Crippen molar-refractivity contribution in [3.8, 4) is 0 Å². The molecule has 0 spiro atoms. The van der Waals surface area contributed by atoms with Crippen LogP contribution in [0.4, 0.5) is 0 Å². The highest BCUT2D eigenvalue weighted by atomic mass is 32.1. The molecule has 0 atom stereocenters. The molecule has 72 valence electrons. The van der Waals surface area contributed by atoms with Gasteiger partial charge in [0.1, 0.15) is 0 Å². The predicted octanol–water partition coefficient (Wildman–Crippen LogP) is 1.51. The normalized spacial score (nSPS) is 10.6. The minimum Gasteiger partial charge on any atom is -0.392 e. The second kappa shape index (κ2) is 5.32. The lowest BCUT2D eigenvalue weighted by atomic mass is 10.3. The quantitative estimate of drug-likeness (QED) is 0.753. The standard InChI is InChI=1S/C9H14N2S2/c1-11(7-9(10)12)5-4-8-3-2-6-13-8/h2-3,6H,4-5,7H2,1H3,(H2,10,12). The maximum atomic E-state index is 5.43. The van der Waals surface area contributed by atoms with Gasteiger partial charge in [-0.15, -0.1) is 11.3 Å². The van der Waals surface area contributed by atoms with Crippen LogP contribution in [-0.2, 0) is 6.42 Å². The first kappa shape index (κ1) is 10.6. The van der Waals surface area contributed by atoms with Gasteiger partial charge in [0.15, 0.2) is 0 Å². The number of rotatable bonds is 5. The Hall–Kier alpha value is -0.450. The minimum atomic E-state index is 0.564. The van der Waals surface area contributed by atoms with Crippen LogP contribution in [0.2, 0.25) is 0 Å². The number of nitrogens with two attached hydrogens (primary N) is 1. The molecule has 2 nitrogen and oxygen atoms in total. The molecule has 1 aromatic heterocycles. The number of thiocarbonyl (C=S) groups is 1. The Morgan fingerprint density at radius 3 is 3.00 bits per heavy atom. The van der Waals surface area contributed by atoms with E-state index in [1.54, 1.807) is 11.3 Å². The number of hydrogen-bond acceptors (Lipinski definition) is 3. The molecule has 0 aliphatic heterocycles. The molecule has 0 saturated heterocycles. The summed E-state index contributed by atoms with van der Waals surface area (Å²) < 4.78 is 0. The molecule has 0 aliphatic rings. The maximum absolute atomic E-state index is 5.43. The van der Waals surface area contributed by atoms with Crippen molar-refractivity contribution in [3.63, 3.8) is 0 Å². The van der Waals surface area contributed by atoms with E-state index in [1.807, 2.05) is 7.05 Å². The molecule has 1 heterocycles. The number of hydrogen-bond donors (Lipinski definition) is 1. The van der Waals surface area contributed by atoms with Gasteiger partial charge in [-0.3, -0.25) is 4.90 Å². The van der Waals surface area contributed by atoms with Crippen molar-refractivity contribution in [3.05, 3.63) is 22.4 Å². The second-order valence-corrected chi connectivity index (χ2v) is 4.59. The first-order valence-electron chi connectivity index (χ1n) is 4.17. The SMILES string of the molecule is CN(CCc1cccs1)CC(N)=S. The Labute approximate surface area is 88.4 Å². The molecule has 0 unspecified atom stereocenters. The zero-order valence-corrected chi connectivity index (χ0v) is 9.33. The molecule has 0 fully saturated rings. The molecular weight excluding hydrogens is 200 g/mol. The van der Waals surface area contributed by atoms with Crippen molar-refractivity contribution >= 4 is 28.5 Å². The summed E-state index contributed by atoms with van der Waals surface area (Å²) in [5, 5.41) is 2.10. The van der Waals surface area contributed by atoms with E-state index >= 15 is 0 Å². The fourth-order valence-corrected chi connectivity index (χ4v) is 2.02. The van der Waals surface area contributed by atoms with Crippen LogP contribution in [0.1, 0.15) is 4.88 Å². The van der Waals surface area contributed by atoms with Crippen LogP contribution >= 0.6 is 23.6 Å². The Morgan fingerprint density at radius 1 is 1.69 bits per heavy atom. The highest BCUT2D eigenvalue weighted by molar-refractivity contribution is 7.80. The van der Waals surface area contributed by atoms with Gasteiger partial charge in [-0.25, -0.2) is 0 Å². The third kappa shape index (κ3) is 4.36. The molecule has 0 bridgehead atoms. The highest BCUT2D eigenvalue weighted by Gasteiger charge is 2.00. The van der Waals surface area contributed by atoms with Crippen molar-refractivity contribution < 1.29 is 0 Å². The van der Waals surface area contributed by atoms with Crippen LogP contribution in [0.25, 0.3) is 0 Å². The highest BCUT2D eigenvalue weighted by Crippen LogP contribution is 2.09. The molecule has 1 rings (SSSR count). The average molecular weight is 214 g/mol. The van der Waals surface area contributed by atoms with Gasteiger partial charge < -0.3 is 5.73 Å². The Morgan fingerprint density at radius 2 is 2.46 bits per heavy atom. The van der Waals surface area contributed by atoms with Crippen LogP contribution < -0.4 is 5.73 Å². The fraction of sp³-hybridized carbons (Fsp3) is 0.444. The molecular formula is C9H14N2S2. The maximum Gasteiger partial charge on any atom is 0.0869 e. The summed E-state index contributed by atoms with van der Waals surface area (Å²) in [6.45, 7) is 1.72. The van der Waals surface area contributed by atoms with Crippen LogP contribution in [-0.4, -0.2) is 30.0 Å². The third-order valence-corrected chi connectivity index (χ3v) is 2.81. The molecule has 0 aromatic carbocycles. The Bertz CT molecular complexity index is 257. The molecule has 0 aliphatic carbocycles. The molecule has 0 amide bonds. The lowest BCUT2D eigenvalue weighted by molar-refractivity contribution is 0.387. The van der Waals surface area contributed by atoms with Crippen molar-refractivity contribution in [2.75, 3.05) is 20.1 Å². The minimum absolute atomic E-state index is 0.564. The summed E-state index contributed by atoms with van der Waals surface area (Å²) in [6, 6.07) is 4.23. The third-order valence-electron chi connectivity index (χ3n) is 1.75. The van der Waals surface area contributed by atoms with Gasteiger partial charge in [-0.1, -0.05) is 18.3 Å². The predicted molar refractivity (Wildman–Crippen MR) is 62.3 cm³/mol. The Kier molecular flexibility index (Phi) is 4.35. The van der Waals surface area contributed by atoms with Crippen molar-refractivity contribution in [1.29, 1.82) is 0 Å². The topological polar surface area (TPSA) is 29.3 Å². The number of likely N-dealkylation sites (N-methyl/N-ethyl adjacent to an activating group) is 1. The summed E-state index contributed by atoms with van der Waals surface area (Å²) >= 11 is 6.62. The van der Waals surface area contributed by atoms with E-state index in [2.05, 4.69) is 22.4 Å². The molecule has 0 saturated carbocycles. The van der Waals surface area contributed by atoms with Crippen molar-refractivity contribution in [1.82, 2.24) is 4.90 Å². The lowest BCUT2D eigenvalue weighted by Crippen LogP contribution is -2.30. The second-order valence-electron chi connectivity index (χ2n) is 3.03. The number of thiophene rings is 1. The van der Waals surface area contributed by atoms with E-state index in [1.165, 1.54) is 4.88 Å². The summed E-state index contributed by atoms with van der Waals surface area (Å²) in [6.07, 6.45) is 1.08. The van der Waals surface area contributed by atoms with E-state index in [-0.39, 0.29) is 0 Å². The summed E-state index contributed by atoms with van der Waals surface area (Å²) in [4.78, 5) is 4.12. The van der Waals surface area contributed by atoms with Crippen LogP contribution in [0, 0.1) is 0 Å². The van der Waals surface area contributed by atoms with Crippen LogP contribution in [0.15, 0.2) is 17.5 Å². The molecule has 13 heavy (non-hydrogen) atoms. The van der Waals surface area contributed by atoms with Gasteiger partial charge in [0.05, 0.1) is 4.99 Å². The monoisotopic (exact) mass is 214 g/mol. The van der Waals surface area contributed by atoms with E-state index in [9.17, 15) is 0 Å². The fourth-order valence-electron chi connectivity index (χ4n) is 1.10. The zero-order chi connectivity index (χ0) is 9.68. The van der Waals surface area contributed by atoms with Gasteiger partial charge in [0, 0.05) is 18.0 Å². The molecule has 0 radical (unpaired) electrons. The Balaban J connectivity index is 2.22. The zero-order valence-electron chi connectivity index (χ0n) is 7.69. The van der Waals surface area contributed by atoms with Crippen LogP contribution in [0.5, 0.6) is 0 Å². The van der Waals surface area contributed by atoms with E-state index < -0.39 is 0 Å². The summed E-state index contributed by atoms with van der Waals surface area (Å²) in [5.74, 6) is 0. The first-order valence-corrected chi connectivity index (χ1v) is 5.46. The summed E-state index contributed by atoms with van der Waals surface area (Å²) in [7, 11) is 2.03. The van der Waals surface area contributed by atoms with Crippen molar-refractivity contribution in [2.24, 2.45) is 5.73 Å². The lowest BCUT2D eigenvalue weighted by Gasteiger charge is -2.14. The average Bonchev–Trinajstić information content (AvgIpc) is 2.51. The first-order chi connectivity index (χ1) is 6.18. The summed E-state index contributed by atoms with van der Waals surface area (Å²) in [5.41, 5.74) is 5.43. The van der Waals surface area contributed by atoms with Gasteiger partial charge in [-0.2, -0.15) is 0 Å². The van der Waals surface area contributed by atoms with E-state index in [0.29, 0.717) is 11.5 Å².